The van der Waals surface area contributed by atoms with Crippen molar-refractivity contribution in [2.75, 3.05) is 13.2 Å². The third-order valence-electron chi connectivity index (χ3n) is 8.51. The molecular weight excluding hydrogens is 676 g/mol. The average Bonchev–Trinajstić information content (AvgIpc) is 3.74. The Morgan fingerprint density at radius 3 is 2.62 bits per heavy atom. The molecule has 2 aliphatic heterocycles. The quantitative estimate of drug-likeness (QED) is 0.184. The molecule has 240 valence electrons. The number of fused-ring (bicyclic) bond motifs is 2. The smallest absolute Gasteiger partial charge is 0.252 e. The molecule has 45 heavy (non-hydrogen) atoms. The van der Waals surface area contributed by atoms with Crippen molar-refractivity contribution in [2.45, 2.75) is 82.8 Å². The summed E-state index contributed by atoms with van der Waals surface area (Å²) in [4.78, 5) is 22.0. The number of piperidine rings is 1. The fourth-order valence-corrected chi connectivity index (χ4v) is 8.00. The number of aromatic nitrogens is 1. The Hall–Kier alpha value is -1.88. The van der Waals surface area contributed by atoms with E-state index in [9.17, 15) is 9.90 Å². The molecule has 0 radical (unpaired) electrons. The van der Waals surface area contributed by atoms with Crippen molar-refractivity contribution in [2.24, 2.45) is 0 Å². The molecule has 12 heteroatoms. The summed E-state index contributed by atoms with van der Waals surface area (Å²) < 4.78 is 11.6. The van der Waals surface area contributed by atoms with Crippen molar-refractivity contribution in [1.82, 2.24) is 15.2 Å². The van der Waals surface area contributed by atoms with Gasteiger partial charge in [0.2, 0.25) is 0 Å². The molecule has 3 aromatic rings. The van der Waals surface area contributed by atoms with Crippen LogP contribution in [0.15, 0.2) is 42.1 Å². The van der Waals surface area contributed by atoms with E-state index in [1.807, 2.05) is 23.2 Å². The second-order valence-corrected chi connectivity index (χ2v) is 14.5. The highest BCUT2D eigenvalue weighted by Gasteiger charge is 2.41. The number of carbonyl (C=O) groups is 1. The summed E-state index contributed by atoms with van der Waals surface area (Å²) in [5.74, 6) is 0.435. The van der Waals surface area contributed by atoms with Gasteiger partial charge in [0, 0.05) is 36.4 Å². The Labute approximate surface area is 287 Å². The fraction of sp³-hybridized carbons (Fsp3) is 0.455. The summed E-state index contributed by atoms with van der Waals surface area (Å²) in [6.07, 6.45) is 7.09. The average molecular weight is 712 g/mol. The van der Waals surface area contributed by atoms with Gasteiger partial charge in [-0.1, -0.05) is 58.5 Å². The number of aliphatic hydroxyl groups is 1. The first-order valence-electron chi connectivity index (χ1n) is 15.2. The zero-order valence-corrected chi connectivity index (χ0v) is 28.7. The third kappa shape index (κ3) is 7.65. The number of benzene rings is 2. The van der Waals surface area contributed by atoms with Gasteiger partial charge in [-0.05, 0) is 80.3 Å². The Morgan fingerprint density at radius 2 is 1.89 bits per heavy atom. The summed E-state index contributed by atoms with van der Waals surface area (Å²) >= 11 is 27.0. The molecule has 3 heterocycles. The highest BCUT2D eigenvalue weighted by Crippen LogP contribution is 2.41. The van der Waals surface area contributed by atoms with Gasteiger partial charge in [-0.15, -0.1) is 11.3 Å². The van der Waals surface area contributed by atoms with Crippen LogP contribution >= 0.6 is 57.7 Å². The molecule has 2 N–H and O–H groups in total. The number of nitrogens with one attached hydrogen (secondary N) is 1. The van der Waals surface area contributed by atoms with Gasteiger partial charge in [0.05, 0.1) is 44.3 Å². The van der Waals surface area contributed by atoms with Gasteiger partial charge in [-0.3, -0.25) is 4.79 Å². The van der Waals surface area contributed by atoms with Crippen LogP contribution in [0.25, 0.3) is 5.57 Å². The molecule has 1 saturated heterocycles. The molecule has 2 aromatic carbocycles. The lowest BCUT2D eigenvalue weighted by molar-refractivity contribution is -0.128. The Morgan fingerprint density at radius 1 is 1.11 bits per heavy atom. The number of amides is 1. The standard InChI is InChI=1S/C33H35Cl4N3O4S/c1-18(41)20-12-25(35)32(26(36)13-20)44-11-10-43-17-29-38-15-28(45-29)23-14-21-5-3-7-27(39-21)30(23)33(42)40(22-8-9-22)16-19-4-2-6-24(34)31(19)37/h2,4,6,12-13,15,18,21-22,27,39,41H,3,5,7-11,14,16-17H2,1H3/t18-,21-,27+/m1/s1. The lowest BCUT2D eigenvalue weighted by Gasteiger charge is -2.40. The number of hydrogen-bond acceptors (Lipinski definition) is 7. The van der Waals surface area contributed by atoms with Gasteiger partial charge < -0.3 is 24.8 Å². The Bertz CT molecular complexity index is 1570. The van der Waals surface area contributed by atoms with Crippen molar-refractivity contribution in [3.63, 3.8) is 0 Å². The molecule has 1 aliphatic carbocycles. The molecule has 1 aromatic heterocycles. The molecule has 0 spiro atoms. The van der Waals surface area contributed by atoms with Gasteiger partial charge in [-0.25, -0.2) is 4.98 Å². The van der Waals surface area contributed by atoms with Crippen LogP contribution in [-0.2, 0) is 22.7 Å². The van der Waals surface area contributed by atoms with Crippen molar-refractivity contribution in [3.05, 3.63) is 83.2 Å². The lowest BCUT2D eigenvalue weighted by Crippen LogP contribution is -2.51. The molecule has 7 nitrogen and oxygen atoms in total. The zero-order chi connectivity index (χ0) is 31.7. The van der Waals surface area contributed by atoms with Crippen LogP contribution in [0.2, 0.25) is 20.1 Å². The normalized spacial score (nSPS) is 20.3. The summed E-state index contributed by atoms with van der Waals surface area (Å²) in [7, 11) is 0. The molecule has 3 atom stereocenters. The highest BCUT2D eigenvalue weighted by atomic mass is 35.5. The molecule has 6 rings (SSSR count). The van der Waals surface area contributed by atoms with E-state index in [1.54, 1.807) is 36.5 Å². The number of carbonyl (C=O) groups excluding carboxylic acids is 1. The molecular formula is C33H35Cl4N3O4S. The van der Waals surface area contributed by atoms with Crippen LogP contribution in [0, 0.1) is 0 Å². The largest absolute Gasteiger partial charge is 0.488 e. The highest BCUT2D eigenvalue weighted by molar-refractivity contribution is 7.12. The minimum Gasteiger partial charge on any atom is -0.488 e. The van der Waals surface area contributed by atoms with Gasteiger partial charge in [0.15, 0.2) is 5.75 Å². The number of halogens is 4. The molecule has 2 bridgehead atoms. The number of aliphatic hydroxyl groups excluding tert-OH is 1. The van der Waals surface area contributed by atoms with Gasteiger partial charge in [0.25, 0.3) is 5.91 Å². The summed E-state index contributed by atoms with van der Waals surface area (Å²) in [5, 5.41) is 16.0. The van der Waals surface area contributed by atoms with Crippen molar-refractivity contribution in [1.29, 1.82) is 0 Å². The topological polar surface area (TPSA) is 83.9 Å². The molecule has 1 amide bonds. The fourth-order valence-electron chi connectivity index (χ4n) is 6.09. The van der Waals surface area contributed by atoms with E-state index in [2.05, 4.69) is 10.3 Å². The van der Waals surface area contributed by atoms with Gasteiger partial charge >= 0.3 is 0 Å². The van der Waals surface area contributed by atoms with Crippen molar-refractivity contribution in [3.8, 4) is 5.75 Å². The van der Waals surface area contributed by atoms with Crippen LogP contribution in [0.5, 0.6) is 5.75 Å². The van der Waals surface area contributed by atoms with Crippen LogP contribution in [0.4, 0.5) is 0 Å². The number of thiazole rings is 1. The monoisotopic (exact) mass is 709 g/mol. The van der Waals surface area contributed by atoms with Crippen molar-refractivity contribution < 1.29 is 19.4 Å². The minimum atomic E-state index is -0.680. The van der Waals surface area contributed by atoms with E-state index in [-0.39, 0.29) is 24.6 Å². The van der Waals surface area contributed by atoms with Gasteiger partial charge in [-0.2, -0.15) is 0 Å². The first-order chi connectivity index (χ1) is 21.7. The Balaban J connectivity index is 1.15. The maximum atomic E-state index is 14.4. The zero-order valence-electron chi connectivity index (χ0n) is 24.8. The molecule has 3 aliphatic rings. The number of nitrogens with zero attached hydrogens (tertiary/aromatic N) is 2. The lowest BCUT2D eigenvalue weighted by atomic mass is 9.81. The van der Waals surface area contributed by atoms with Crippen LogP contribution in [0.3, 0.4) is 0 Å². The second-order valence-electron chi connectivity index (χ2n) is 11.8. The first-order valence-corrected chi connectivity index (χ1v) is 17.6. The SMILES string of the molecule is C[C@@H](O)c1cc(Cl)c(OCCOCc2ncc(C3=C(C(=O)N(Cc4cccc(Cl)c4Cl)C4CC4)[C@@H]4CCC[C@H](C3)N4)s2)c(Cl)c1. The number of ether oxygens (including phenoxy) is 2. The van der Waals surface area contributed by atoms with E-state index >= 15 is 0 Å². The summed E-state index contributed by atoms with van der Waals surface area (Å²) in [5.41, 5.74) is 3.43. The maximum Gasteiger partial charge on any atom is 0.252 e. The van der Waals surface area contributed by atoms with E-state index in [0.717, 1.165) is 65.1 Å². The summed E-state index contributed by atoms with van der Waals surface area (Å²) in [6.45, 7) is 2.95. The van der Waals surface area contributed by atoms with E-state index < -0.39 is 6.10 Å². The van der Waals surface area contributed by atoms with E-state index in [0.29, 0.717) is 57.2 Å². The first kappa shape index (κ1) is 33.0. The minimum absolute atomic E-state index is 0.0170. The van der Waals surface area contributed by atoms with Crippen LogP contribution in [-0.4, -0.2) is 52.2 Å². The predicted molar refractivity (Wildman–Crippen MR) is 180 cm³/mol. The van der Waals surface area contributed by atoms with E-state index in [4.69, 9.17) is 55.9 Å². The number of hydrogen-bond donors (Lipinski definition) is 2. The molecule has 2 fully saturated rings. The Kier molecular flexibility index (Phi) is 10.6. The third-order valence-corrected chi connectivity index (χ3v) is 11.0. The van der Waals surface area contributed by atoms with Gasteiger partial charge in [0.1, 0.15) is 11.6 Å². The predicted octanol–water partition coefficient (Wildman–Crippen LogP) is 8.26. The van der Waals surface area contributed by atoms with Crippen LogP contribution < -0.4 is 10.1 Å². The van der Waals surface area contributed by atoms with Crippen LogP contribution in [0.1, 0.15) is 72.6 Å². The van der Waals surface area contributed by atoms with E-state index in [1.165, 1.54) is 0 Å². The maximum absolute atomic E-state index is 14.4. The summed E-state index contributed by atoms with van der Waals surface area (Å²) in [6, 6.07) is 9.45. The second kappa shape index (κ2) is 14.5. The molecule has 1 saturated carbocycles. The number of rotatable bonds is 12. The molecule has 0 unspecified atom stereocenters. The van der Waals surface area contributed by atoms with Crippen molar-refractivity contribution >= 4 is 69.2 Å².